The van der Waals surface area contributed by atoms with Crippen LogP contribution < -0.4 is 14.8 Å². The van der Waals surface area contributed by atoms with Crippen molar-refractivity contribution in [1.29, 1.82) is 0 Å². The van der Waals surface area contributed by atoms with Crippen LogP contribution in [-0.4, -0.2) is 17.7 Å². The summed E-state index contributed by atoms with van der Waals surface area (Å²) in [7, 11) is 0. The molecular weight excluding hydrogens is 324 g/mol. The number of carbonyl (C=O) groups excluding carboxylic acids is 1. The third-order valence-corrected chi connectivity index (χ3v) is 4.61. The Morgan fingerprint density at radius 2 is 2.12 bits per heavy atom. The van der Waals surface area contributed by atoms with Crippen molar-refractivity contribution >= 4 is 38.7 Å². The van der Waals surface area contributed by atoms with Gasteiger partial charge in [0.15, 0.2) is 16.6 Å². The number of aromatic nitrogens is 1. The smallest absolute Gasteiger partial charge is 0.250 e. The summed E-state index contributed by atoms with van der Waals surface area (Å²) in [5, 5.41) is 3.40. The summed E-state index contributed by atoms with van der Waals surface area (Å²) < 4.78 is 11.6. The normalized spacial score (nSPS) is 12.9. The number of anilines is 1. The summed E-state index contributed by atoms with van der Waals surface area (Å²) in [6.07, 6.45) is 3.21. The zero-order valence-corrected chi connectivity index (χ0v) is 13.7. The molecule has 0 saturated carbocycles. The number of amides is 1. The fourth-order valence-electron chi connectivity index (χ4n) is 2.48. The molecule has 0 radical (unpaired) electrons. The number of hydrogen-bond acceptors (Lipinski definition) is 5. The monoisotopic (exact) mass is 338 g/mol. The van der Waals surface area contributed by atoms with E-state index >= 15 is 0 Å². The molecule has 0 bridgehead atoms. The number of rotatable bonds is 3. The standard InChI is InChI=1S/C18H14N2O3S/c1-11-3-2-4-15-17(11)20-18(24-15)19-16(21)8-6-12-5-7-13-14(9-12)23-10-22-13/h2-9H,10H2,1H3,(H,19,20,21)/b8-6+. The molecule has 120 valence electrons. The SMILES string of the molecule is Cc1cccc2sc(NC(=O)/C=C/c3ccc4c(c3)OCO4)nc12. The zero-order chi connectivity index (χ0) is 16.5. The number of carbonyl (C=O) groups is 1. The number of hydrogen-bond donors (Lipinski definition) is 1. The maximum Gasteiger partial charge on any atom is 0.250 e. The van der Waals surface area contributed by atoms with Gasteiger partial charge in [0.05, 0.1) is 10.2 Å². The summed E-state index contributed by atoms with van der Waals surface area (Å²) in [5.74, 6) is 1.20. The molecule has 1 aliphatic heterocycles. The van der Waals surface area contributed by atoms with E-state index < -0.39 is 0 Å². The highest BCUT2D eigenvalue weighted by atomic mass is 32.1. The van der Waals surface area contributed by atoms with E-state index in [9.17, 15) is 4.79 Å². The molecule has 6 heteroatoms. The summed E-state index contributed by atoms with van der Waals surface area (Å²) in [6.45, 7) is 2.24. The first-order valence-electron chi connectivity index (χ1n) is 7.44. The summed E-state index contributed by atoms with van der Waals surface area (Å²) >= 11 is 1.46. The van der Waals surface area contributed by atoms with Gasteiger partial charge in [-0.25, -0.2) is 4.98 Å². The fourth-order valence-corrected chi connectivity index (χ4v) is 3.42. The van der Waals surface area contributed by atoms with Crippen LogP contribution >= 0.6 is 11.3 Å². The zero-order valence-electron chi connectivity index (χ0n) is 12.9. The van der Waals surface area contributed by atoms with Crippen molar-refractivity contribution in [3.8, 4) is 11.5 Å². The molecule has 3 aromatic rings. The van der Waals surface area contributed by atoms with Crippen molar-refractivity contribution in [1.82, 2.24) is 4.98 Å². The van der Waals surface area contributed by atoms with E-state index in [1.807, 2.05) is 43.3 Å². The molecule has 24 heavy (non-hydrogen) atoms. The molecule has 0 saturated heterocycles. The van der Waals surface area contributed by atoms with Crippen LogP contribution in [0.4, 0.5) is 5.13 Å². The van der Waals surface area contributed by atoms with E-state index in [0.717, 1.165) is 27.1 Å². The van der Waals surface area contributed by atoms with Crippen molar-refractivity contribution in [2.45, 2.75) is 6.92 Å². The molecule has 0 fully saturated rings. The lowest BCUT2D eigenvalue weighted by Crippen LogP contribution is -2.07. The van der Waals surface area contributed by atoms with Gasteiger partial charge < -0.3 is 9.47 Å². The molecule has 5 nitrogen and oxygen atoms in total. The van der Waals surface area contributed by atoms with Crippen LogP contribution in [0.25, 0.3) is 16.3 Å². The molecular formula is C18H14N2O3S. The molecule has 1 aromatic heterocycles. The minimum absolute atomic E-state index is 0.218. The largest absolute Gasteiger partial charge is 0.454 e. The number of thiazole rings is 1. The fraction of sp³-hybridized carbons (Fsp3) is 0.111. The van der Waals surface area contributed by atoms with Gasteiger partial charge in [0.2, 0.25) is 12.7 Å². The maximum absolute atomic E-state index is 12.1. The average molecular weight is 338 g/mol. The third-order valence-electron chi connectivity index (χ3n) is 3.67. The second-order valence-corrected chi connectivity index (χ2v) is 6.41. The molecule has 1 amide bonds. The Kier molecular flexibility index (Phi) is 3.66. The first kappa shape index (κ1) is 14.7. The van der Waals surface area contributed by atoms with Gasteiger partial charge in [0, 0.05) is 6.08 Å². The predicted octanol–water partition coefficient (Wildman–Crippen LogP) is 3.99. The van der Waals surface area contributed by atoms with E-state index in [4.69, 9.17) is 9.47 Å². The third kappa shape index (κ3) is 2.83. The van der Waals surface area contributed by atoms with E-state index in [1.165, 1.54) is 17.4 Å². The molecule has 1 aliphatic rings. The van der Waals surface area contributed by atoms with Crippen LogP contribution in [0.5, 0.6) is 11.5 Å². The number of fused-ring (bicyclic) bond motifs is 2. The lowest BCUT2D eigenvalue weighted by atomic mass is 10.2. The Morgan fingerprint density at radius 3 is 3.00 bits per heavy atom. The Hall–Kier alpha value is -2.86. The quantitative estimate of drug-likeness (QED) is 0.734. The molecule has 2 heterocycles. The molecule has 2 aromatic carbocycles. The molecule has 0 atom stereocenters. The second kappa shape index (κ2) is 5.98. The molecule has 0 spiro atoms. The lowest BCUT2D eigenvalue weighted by molar-refractivity contribution is -0.111. The van der Waals surface area contributed by atoms with E-state index in [2.05, 4.69) is 10.3 Å². The van der Waals surface area contributed by atoms with Gasteiger partial charge in [-0.2, -0.15) is 0 Å². The summed E-state index contributed by atoms with van der Waals surface area (Å²) in [6, 6.07) is 11.5. The highest BCUT2D eigenvalue weighted by molar-refractivity contribution is 7.22. The van der Waals surface area contributed by atoms with Gasteiger partial charge in [0.25, 0.3) is 0 Å². The summed E-state index contributed by atoms with van der Waals surface area (Å²) in [5.41, 5.74) is 2.90. The Labute approximate surface area is 142 Å². The molecule has 0 aliphatic carbocycles. The first-order valence-corrected chi connectivity index (χ1v) is 8.25. The van der Waals surface area contributed by atoms with E-state index in [-0.39, 0.29) is 12.7 Å². The number of para-hydroxylation sites is 1. The number of ether oxygens (including phenoxy) is 2. The van der Waals surface area contributed by atoms with E-state index in [1.54, 1.807) is 6.08 Å². The van der Waals surface area contributed by atoms with Crippen molar-refractivity contribution in [3.05, 3.63) is 53.6 Å². The van der Waals surface area contributed by atoms with Crippen molar-refractivity contribution in [2.75, 3.05) is 12.1 Å². The average Bonchev–Trinajstić information content (AvgIpc) is 3.19. The van der Waals surface area contributed by atoms with Gasteiger partial charge >= 0.3 is 0 Å². The second-order valence-electron chi connectivity index (χ2n) is 5.38. The predicted molar refractivity (Wildman–Crippen MR) is 94.6 cm³/mol. The number of benzene rings is 2. The van der Waals surface area contributed by atoms with Gasteiger partial charge in [-0.1, -0.05) is 29.5 Å². The van der Waals surface area contributed by atoms with Gasteiger partial charge in [-0.05, 0) is 42.3 Å². The summed E-state index contributed by atoms with van der Waals surface area (Å²) in [4.78, 5) is 16.6. The minimum atomic E-state index is -0.218. The van der Waals surface area contributed by atoms with Crippen LogP contribution in [-0.2, 0) is 4.79 Å². The maximum atomic E-state index is 12.1. The number of nitrogens with one attached hydrogen (secondary N) is 1. The molecule has 1 N–H and O–H groups in total. The van der Waals surface area contributed by atoms with Crippen LogP contribution in [0, 0.1) is 6.92 Å². The van der Waals surface area contributed by atoms with Crippen LogP contribution in [0.3, 0.4) is 0 Å². The van der Waals surface area contributed by atoms with Gasteiger partial charge in [0.1, 0.15) is 0 Å². The Balaban J connectivity index is 1.48. The van der Waals surface area contributed by atoms with E-state index in [0.29, 0.717) is 10.9 Å². The Bertz CT molecular complexity index is 962. The van der Waals surface area contributed by atoms with Crippen LogP contribution in [0.1, 0.15) is 11.1 Å². The molecule has 4 rings (SSSR count). The Morgan fingerprint density at radius 1 is 1.25 bits per heavy atom. The number of nitrogens with zero attached hydrogens (tertiary/aromatic N) is 1. The topological polar surface area (TPSA) is 60.5 Å². The number of aryl methyl sites for hydroxylation is 1. The van der Waals surface area contributed by atoms with Crippen molar-refractivity contribution in [3.63, 3.8) is 0 Å². The highest BCUT2D eigenvalue weighted by Gasteiger charge is 2.12. The van der Waals surface area contributed by atoms with Crippen LogP contribution in [0.15, 0.2) is 42.5 Å². The molecule has 0 unspecified atom stereocenters. The highest BCUT2D eigenvalue weighted by Crippen LogP contribution is 2.33. The van der Waals surface area contributed by atoms with Gasteiger partial charge in [-0.15, -0.1) is 0 Å². The first-order chi connectivity index (χ1) is 11.7. The minimum Gasteiger partial charge on any atom is -0.454 e. The lowest BCUT2D eigenvalue weighted by Gasteiger charge is -1.98. The van der Waals surface area contributed by atoms with Crippen molar-refractivity contribution in [2.24, 2.45) is 0 Å². The van der Waals surface area contributed by atoms with Crippen molar-refractivity contribution < 1.29 is 14.3 Å². The van der Waals surface area contributed by atoms with Gasteiger partial charge in [-0.3, -0.25) is 10.1 Å². The van der Waals surface area contributed by atoms with Crippen LogP contribution in [0.2, 0.25) is 0 Å².